The fraction of sp³-hybridized carbons (Fsp3) is 0.312. The molecule has 0 bridgehead atoms. The molecule has 1 N–H and O–H groups in total. The lowest BCUT2D eigenvalue weighted by atomic mass is 10.1. The van der Waals surface area contributed by atoms with Crippen LogP contribution in [0.3, 0.4) is 0 Å². The van der Waals surface area contributed by atoms with Gasteiger partial charge in [0.2, 0.25) is 0 Å². The van der Waals surface area contributed by atoms with Crippen LogP contribution in [-0.4, -0.2) is 31.2 Å². The van der Waals surface area contributed by atoms with Crippen LogP contribution in [0.4, 0.5) is 4.39 Å². The number of nitrogens with zero attached hydrogens (tertiary/aromatic N) is 4. The van der Waals surface area contributed by atoms with Gasteiger partial charge in [-0.15, -0.1) is 0 Å². The highest BCUT2D eigenvalue weighted by molar-refractivity contribution is 5.75. The van der Waals surface area contributed by atoms with Crippen LogP contribution in [0, 0.1) is 5.82 Å². The topological polar surface area (TPSA) is 66.8 Å². The predicted molar refractivity (Wildman–Crippen MR) is 83.3 cm³/mol. The summed E-state index contributed by atoms with van der Waals surface area (Å²) >= 11 is 0. The van der Waals surface area contributed by atoms with E-state index in [1.807, 2.05) is 6.07 Å². The van der Waals surface area contributed by atoms with Crippen LogP contribution in [-0.2, 0) is 26.6 Å². The summed E-state index contributed by atoms with van der Waals surface area (Å²) in [6, 6.07) is 6.53. The quantitative estimate of drug-likeness (QED) is 0.775. The summed E-state index contributed by atoms with van der Waals surface area (Å²) in [7, 11) is 1.66. The second kappa shape index (κ2) is 5.27. The largest absolute Gasteiger partial charge is 0.341 e. The smallest absolute Gasteiger partial charge is 0.266 e. The number of hydrogen-bond donors (Lipinski definition) is 1. The summed E-state index contributed by atoms with van der Waals surface area (Å²) in [5.41, 5.74) is 2.90. The molecule has 118 valence electrons. The summed E-state index contributed by atoms with van der Waals surface area (Å²) in [4.78, 5) is 21.4. The van der Waals surface area contributed by atoms with Crippen molar-refractivity contribution >= 4 is 11.0 Å². The van der Waals surface area contributed by atoms with Crippen LogP contribution < -0.4 is 5.56 Å². The van der Waals surface area contributed by atoms with Crippen LogP contribution in [0.1, 0.15) is 17.1 Å². The molecule has 0 radical (unpaired) electrons. The van der Waals surface area contributed by atoms with Gasteiger partial charge in [0.05, 0.1) is 17.8 Å². The molecular weight excluding hydrogens is 297 g/mol. The van der Waals surface area contributed by atoms with Gasteiger partial charge in [-0.3, -0.25) is 9.69 Å². The van der Waals surface area contributed by atoms with Gasteiger partial charge in [-0.1, -0.05) is 6.07 Å². The van der Waals surface area contributed by atoms with E-state index in [9.17, 15) is 9.18 Å². The van der Waals surface area contributed by atoms with Crippen LogP contribution in [0.2, 0.25) is 0 Å². The minimum absolute atomic E-state index is 0.101. The minimum atomic E-state index is -0.318. The van der Waals surface area contributed by atoms with E-state index in [1.165, 1.54) is 10.7 Å². The Bertz CT molecular complexity index is 945. The highest BCUT2D eigenvalue weighted by atomic mass is 19.1. The number of fused-ring (bicyclic) bond motifs is 2. The van der Waals surface area contributed by atoms with Crippen LogP contribution in [0.15, 0.2) is 29.1 Å². The molecule has 1 aromatic carbocycles. The Balaban J connectivity index is 1.58. The summed E-state index contributed by atoms with van der Waals surface area (Å²) in [6.07, 6.45) is 0.790. The number of aryl methyl sites for hydroxylation is 1. The summed E-state index contributed by atoms with van der Waals surface area (Å²) < 4.78 is 15.1. The van der Waals surface area contributed by atoms with E-state index >= 15 is 0 Å². The molecule has 0 fully saturated rings. The van der Waals surface area contributed by atoms with Gasteiger partial charge in [-0.05, 0) is 17.7 Å². The van der Waals surface area contributed by atoms with E-state index in [1.54, 1.807) is 19.2 Å². The summed E-state index contributed by atoms with van der Waals surface area (Å²) in [5, 5.41) is 4.31. The number of rotatable bonds is 2. The molecule has 0 saturated heterocycles. The molecule has 3 heterocycles. The molecule has 7 heteroatoms. The van der Waals surface area contributed by atoms with Gasteiger partial charge < -0.3 is 4.98 Å². The maximum atomic E-state index is 13.7. The lowest BCUT2D eigenvalue weighted by Crippen LogP contribution is -2.34. The zero-order chi connectivity index (χ0) is 16.0. The van der Waals surface area contributed by atoms with Gasteiger partial charge in [0.25, 0.3) is 5.56 Å². The standard InChI is InChI=1S/C16H16FN5O/c1-21-15(23)7-10-8-22(6-5-12(10)20-21)9-14-18-13-4-2-3-11(17)16(13)19-14/h2-4,7H,5-6,8-9H2,1H3,(H,18,19). The third kappa shape index (κ3) is 2.53. The van der Waals surface area contributed by atoms with E-state index in [0.29, 0.717) is 24.1 Å². The van der Waals surface area contributed by atoms with Crippen molar-refractivity contribution in [3.05, 3.63) is 57.5 Å². The summed E-state index contributed by atoms with van der Waals surface area (Å²) in [6.45, 7) is 2.07. The van der Waals surface area contributed by atoms with Crippen LogP contribution >= 0.6 is 0 Å². The van der Waals surface area contributed by atoms with Gasteiger partial charge in [0.15, 0.2) is 5.82 Å². The van der Waals surface area contributed by atoms with E-state index in [4.69, 9.17) is 0 Å². The minimum Gasteiger partial charge on any atom is -0.341 e. The van der Waals surface area contributed by atoms with Crippen molar-refractivity contribution in [2.75, 3.05) is 6.54 Å². The van der Waals surface area contributed by atoms with Gasteiger partial charge in [0, 0.05) is 32.6 Å². The Labute approximate surface area is 131 Å². The Kier molecular flexibility index (Phi) is 3.23. The van der Waals surface area contributed by atoms with Gasteiger partial charge in [0.1, 0.15) is 11.3 Å². The molecular formula is C16H16FN5O. The second-order valence-electron chi connectivity index (χ2n) is 5.86. The molecule has 2 aromatic heterocycles. The predicted octanol–water partition coefficient (Wildman–Crippen LogP) is 1.35. The number of imidazole rings is 1. The molecule has 0 atom stereocenters. The molecule has 0 unspecified atom stereocenters. The van der Waals surface area contributed by atoms with Crippen molar-refractivity contribution in [1.29, 1.82) is 0 Å². The van der Waals surface area contributed by atoms with Gasteiger partial charge in [-0.25, -0.2) is 14.1 Å². The monoisotopic (exact) mass is 313 g/mol. The zero-order valence-electron chi connectivity index (χ0n) is 12.7. The SMILES string of the molecule is Cn1nc2c(cc1=O)CN(Cc1nc3c(F)cccc3[nH]1)CC2. The first-order valence-corrected chi connectivity index (χ1v) is 7.52. The average molecular weight is 313 g/mol. The number of H-pyrrole nitrogens is 1. The Morgan fingerprint density at radius 3 is 3.09 bits per heavy atom. The number of benzene rings is 1. The number of aromatic amines is 1. The molecule has 1 aliphatic heterocycles. The average Bonchev–Trinajstić information content (AvgIpc) is 2.93. The fourth-order valence-electron chi connectivity index (χ4n) is 3.02. The fourth-order valence-corrected chi connectivity index (χ4v) is 3.02. The molecule has 0 amide bonds. The molecule has 1 aliphatic rings. The van der Waals surface area contributed by atoms with Crippen molar-refractivity contribution in [2.45, 2.75) is 19.5 Å². The Morgan fingerprint density at radius 2 is 2.26 bits per heavy atom. The number of aromatic nitrogens is 4. The van der Waals surface area contributed by atoms with E-state index in [2.05, 4.69) is 20.0 Å². The summed E-state index contributed by atoms with van der Waals surface area (Å²) in [5.74, 6) is 0.409. The van der Waals surface area contributed by atoms with Crippen molar-refractivity contribution < 1.29 is 4.39 Å². The molecule has 4 rings (SSSR count). The molecule has 0 saturated carbocycles. The van der Waals surface area contributed by atoms with E-state index in [-0.39, 0.29) is 11.4 Å². The Hall–Kier alpha value is -2.54. The zero-order valence-corrected chi connectivity index (χ0v) is 12.7. The number of hydrogen-bond acceptors (Lipinski definition) is 4. The first-order chi connectivity index (χ1) is 11.1. The third-order valence-corrected chi connectivity index (χ3v) is 4.20. The maximum Gasteiger partial charge on any atom is 0.266 e. The lowest BCUT2D eigenvalue weighted by molar-refractivity contribution is 0.236. The molecule has 0 aliphatic carbocycles. The molecule has 3 aromatic rings. The Morgan fingerprint density at radius 1 is 1.39 bits per heavy atom. The number of nitrogens with one attached hydrogen (secondary N) is 1. The van der Waals surface area contributed by atoms with Gasteiger partial charge >= 0.3 is 0 Å². The molecule has 0 spiro atoms. The van der Waals surface area contributed by atoms with E-state index < -0.39 is 0 Å². The first-order valence-electron chi connectivity index (χ1n) is 7.52. The lowest BCUT2D eigenvalue weighted by Gasteiger charge is -2.27. The highest BCUT2D eigenvalue weighted by Crippen LogP contribution is 2.19. The third-order valence-electron chi connectivity index (χ3n) is 4.20. The maximum absolute atomic E-state index is 13.7. The number of para-hydroxylation sites is 1. The molecule has 6 nitrogen and oxygen atoms in total. The van der Waals surface area contributed by atoms with Crippen molar-refractivity contribution in [2.24, 2.45) is 7.05 Å². The number of halogens is 1. The van der Waals surface area contributed by atoms with Gasteiger partial charge in [-0.2, -0.15) is 5.10 Å². The second-order valence-corrected chi connectivity index (χ2v) is 5.86. The first kappa shape index (κ1) is 14.1. The highest BCUT2D eigenvalue weighted by Gasteiger charge is 2.20. The normalized spacial score (nSPS) is 15.0. The van der Waals surface area contributed by atoms with Crippen molar-refractivity contribution in [3.63, 3.8) is 0 Å². The van der Waals surface area contributed by atoms with Crippen molar-refractivity contribution in [3.8, 4) is 0 Å². The van der Waals surface area contributed by atoms with E-state index in [0.717, 1.165) is 30.0 Å². The molecule has 23 heavy (non-hydrogen) atoms. The van der Waals surface area contributed by atoms with Crippen molar-refractivity contribution in [1.82, 2.24) is 24.6 Å². The van der Waals surface area contributed by atoms with Crippen LogP contribution in [0.25, 0.3) is 11.0 Å². The van der Waals surface area contributed by atoms with Crippen LogP contribution in [0.5, 0.6) is 0 Å².